The first-order valence-corrected chi connectivity index (χ1v) is 9.25. The Kier molecular flexibility index (Phi) is 4.79. The summed E-state index contributed by atoms with van der Waals surface area (Å²) in [6.07, 6.45) is 2.09. The van der Waals surface area contributed by atoms with Gasteiger partial charge in [-0.25, -0.2) is 0 Å². The van der Waals surface area contributed by atoms with Crippen molar-refractivity contribution < 1.29 is 9.53 Å². The molecular formula is C22H24N4O2. The number of amides is 1. The number of benzene rings is 2. The molecule has 28 heavy (non-hydrogen) atoms. The van der Waals surface area contributed by atoms with E-state index < -0.39 is 0 Å². The van der Waals surface area contributed by atoms with Crippen molar-refractivity contribution in [2.75, 3.05) is 33.1 Å². The fraction of sp³-hybridized carbons (Fsp3) is 0.227. The smallest absolute Gasteiger partial charge is 0.272 e. The van der Waals surface area contributed by atoms with Crippen LogP contribution in [-0.4, -0.2) is 48.1 Å². The fourth-order valence-electron chi connectivity index (χ4n) is 3.33. The Morgan fingerprint density at radius 1 is 1.11 bits per heavy atom. The van der Waals surface area contributed by atoms with Gasteiger partial charge in [0.05, 0.1) is 7.11 Å². The van der Waals surface area contributed by atoms with Crippen molar-refractivity contribution >= 4 is 33.4 Å². The Morgan fingerprint density at radius 2 is 1.96 bits per heavy atom. The van der Waals surface area contributed by atoms with E-state index in [-0.39, 0.29) is 5.91 Å². The molecule has 0 saturated heterocycles. The summed E-state index contributed by atoms with van der Waals surface area (Å²) in [5, 5.41) is 5.06. The predicted octanol–water partition coefficient (Wildman–Crippen LogP) is 3.95. The molecule has 0 fully saturated rings. The van der Waals surface area contributed by atoms with E-state index in [1.807, 2.05) is 36.4 Å². The summed E-state index contributed by atoms with van der Waals surface area (Å²) in [6, 6.07) is 15.6. The second-order valence-corrected chi connectivity index (χ2v) is 7.18. The third-order valence-corrected chi connectivity index (χ3v) is 4.89. The molecule has 2 N–H and O–H groups in total. The van der Waals surface area contributed by atoms with Crippen molar-refractivity contribution in [3.8, 4) is 5.75 Å². The van der Waals surface area contributed by atoms with Gasteiger partial charge in [0.2, 0.25) is 0 Å². The van der Waals surface area contributed by atoms with Gasteiger partial charge in [0.25, 0.3) is 5.91 Å². The molecule has 4 rings (SSSR count). The fourth-order valence-corrected chi connectivity index (χ4v) is 3.33. The van der Waals surface area contributed by atoms with Crippen molar-refractivity contribution in [2.45, 2.75) is 6.54 Å². The van der Waals surface area contributed by atoms with Gasteiger partial charge in [-0.05, 0) is 56.6 Å². The zero-order valence-electron chi connectivity index (χ0n) is 16.3. The number of aromatic nitrogens is 2. The minimum Gasteiger partial charge on any atom is -0.497 e. The molecule has 4 aromatic rings. The van der Waals surface area contributed by atoms with Crippen molar-refractivity contribution in [2.24, 2.45) is 0 Å². The zero-order chi connectivity index (χ0) is 19.7. The SMILES string of the molecule is COc1ccc2cc(C(=O)Nc3ccc4c(ccn4CCN(C)C)c3)[nH]c2c1. The maximum Gasteiger partial charge on any atom is 0.272 e. The molecule has 2 heterocycles. The summed E-state index contributed by atoms with van der Waals surface area (Å²) in [7, 11) is 5.76. The van der Waals surface area contributed by atoms with E-state index in [2.05, 4.69) is 52.2 Å². The first-order valence-electron chi connectivity index (χ1n) is 9.25. The number of nitrogens with zero attached hydrogens (tertiary/aromatic N) is 2. The highest BCUT2D eigenvalue weighted by molar-refractivity contribution is 6.06. The van der Waals surface area contributed by atoms with E-state index in [0.717, 1.165) is 46.3 Å². The van der Waals surface area contributed by atoms with E-state index in [1.165, 1.54) is 0 Å². The molecule has 6 heteroatoms. The molecule has 0 atom stereocenters. The molecule has 1 amide bonds. The lowest BCUT2D eigenvalue weighted by atomic mass is 10.2. The number of aromatic amines is 1. The number of ether oxygens (including phenoxy) is 1. The number of nitrogens with one attached hydrogen (secondary N) is 2. The second kappa shape index (κ2) is 7.40. The number of H-pyrrole nitrogens is 1. The molecule has 0 unspecified atom stereocenters. The van der Waals surface area contributed by atoms with Gasteiger partial charge in [0, 0.05) is 52.8 Å². The normalized spacial score (nSPS) is 11.4. The number of methoxy groups -OCH3 is 1. The third-order valence-electron chi connectivity index (χ3n) is 4.89. The molecule has 0 radical (unpaired) electrons. The van der Waals surface area contributed by atoms with Gasteiger partial charge in [0.1, 0.15) is 11.4 Å². The van der Waals surface area contributed by atoms with Crippen molar-refractivity contribution in [3.05, 3.63) is 60.4 Å². The Hall–Kier alpha value is -3.25. The molecule has 144 valence electrons. The maximum absolute atomic E-state index is 12.7. The minimum absolute atomic E-state index is 0.165. The summed E-state index contributed by atoms with van der Waals surface area (Å²) < 4.78 is 7.46. The number of likely N-dealkylation sites (N-methyl/N-ethyl adjacent to an activating group) is 1. The topological polar surface area (TPSA) is 62.3 Å². The lowest BCUT2D eigenvalue weighted by molar-refractivity contribution is 0.102. The number of hydrogen-bond acceptors (Lipinski definition) is 3. The number of rotatable bonds is 6. The number of hydrogen-bond donors (Lipinski definition) is 2. The molecule has 6 nitrogen and oxygen atoms in total. The largest absolute Gasteiger partial charge is 0.497 e. The first kappa shape index (κ1) is 18.1. The Morgan fingerprint density at radius 3 is 2.75 bits per heavy atom. The van der Waals surface area contributed by atoms with E-state index in [4.69, 9.17) is 4.74 Å². The number of fused-ring (bicyclic) bond motifs is 2. The van der Waals surface area contributed by atoms with Crippen LogP contribution in [0.4, 0.5) is 5.69 Å². The Bertz CT molecular complexity index is 1140. The van der Waals surface area contributed by atoms with Gasteiger partial charge >= 0.3 is 0 Å². The minimum atomic E-state index is -0.165. The van der Waals surface area contributed by atoms with Gasteiger partial charge < -0.3 is 24.5 Å². The average molecular weight is 376 g/mol. The highest BCUT2D eigenvalue weighted by atomic mass is 16.5. The molecule has 0 saturated carbocycles. The molecule has 0 aliphatic carbocycles. The van der Waals surface area contributed by atoms with Crippen LogP contribution in [-0.2, 0) is 6.54 Å². The molecule has 2 aromatic carbocycles. The summed E-state index contributed by atoms with van der Waals surface area (Å²) >= 11 is 0. The summed E-state index contributed by atoms with van der Waals surface area (Å²) in [5.41, 5.74) is 3.33. The van der Waals surface area contributed by atoms with Gasteiger partial charge in [0.15, 0.2) is 0 Å². The van der Waals surface area contributed by atoms with Crippen LogP contribution < -0.4 is 10.1 Å². The number of carbonyl (C=O) groups excluding carboxylic acids is 1. The summed E-state index contributed by atoms with van der Waals surface area (Å²) in [5.74, 6) is 0.590. The van der Waals surface area contributed by atoms with E-state index in [0.29, 0.717) is 5.69 Å². The maximum atomic E-state index is 12.7. The van der Waals surface area contributed by atoms with Crippen LogP contribution in [0.1, 0.15) is 10.5 Å². The molecule has 0 aliphatic heterocycles. The van der Waals surface area contributed by atoms with E-state index in [9.17, 15) is 4.79 Å². The van der Waals surface area contributed by atoms with Crippen molar-refractivity contribution in [1.29, 1.82) is 0 Å². The van der Waals surface area contributed by atoms with Gasteiger partial charge in [-0.1, -0.05) is 0 Å². The van der Waals surface area contributed by atoms with Gasteiger partial charge in [-0.15, -0.1) is 0 Å². The summed E-state index contributed by atoms with van der Waals surface area (Å²) in [4.78, 5) is 18.0. The number of anilines is 1. The van der Waals surface area contributed by atoms with Crippen LogP contribution >= 0.6 is 0 Å². The lowest BCUT2D eigenvalue weighted by Crippen LogP contribution is -2.17. The average Bonchev–Trinajstić information content (AvgIpc) is 3.29. The van der Waals surface area contributed by atoms with Crippen molar-refractivity contribution in [1.82, 2.24) is 14.5 Å². The van der Waals surface area contributed by atoms with Gasteiger partial charge in [-0.3, -0.25) is 4.79 Å². The standard InChI is InChI=1S/C22H24N4O2/c1-25(2)10-11-26-9-8-16-12-17(5-7-21(16)26)23-22(27)20-13-15-4-6-18(28-3)14-19(15)24-20/h4-9,12-14,24H,10-11H2,1-3H3,(H,23,27). The van der Waals surface area contributed by atoms with Crippen LogP contribution in [0.5, 0.6) is 5.75 Å². The Balaban J connectivity index is 1.53. The quantitative estimate of drug-likeness (QED) is 0.536. The monoisotopic (exact) mass is 376 g/mol. The third kappa shape index (κ3) is 3.59. The summed E-state index contributed by atoms with van der Waals surface area (Å²) in [6.45, 7) is 1.91. The zero-order valence-corrected chi connectivity index (χ0v) is 16.3. The van der Waals surface area contributed by atoms with Crippen LogP contribution in [0.25, 0.3) is 21.8 Å². The van der Waals surface area contributed by atoms with E-state index >= 15 is 0 Å². The highest BCUT2D eigenvalue weighted by Gasteiger charge is 2.11. The molecule has 0 spiro atoms. The lowest BCUT2D eigenvalue weighted by Gasteiger charge is -2.11. The van der Waals surface area contributed by atoms with Crippen LogP contribution in [0.15, 0.2) is 54.7 Å². The number of carbonyl (C=O) groups is 1. The van der Waals surface area contributed by atoms with E-state index in [1.54, 1.807) is 7.11 Å². The molecule has 0 aliphatic rings. The van der Waals surface area contributed by atoms with Crippen LogP contribution in [0.3, 0.4) is 0 Å². The van der Waals surface area contributed by atoms with Gasteiger partial charge in [-0.2, -0.15) is 0 Å². The Labute approximate surface area is 163 Å². The first-order chi connectivity index (χ1) is 13.5. The van der Waals surface area contributed by atoms with Crippen LogP contribution in [0.2, 0.25) is 0 Å². The second-order valence-electron chi connectivity index (χ2n) is 7.18. The molecule has 0 bridgehead atoms. The predicted molar refractivity (Wildman–Crippen MR) is 113 cm³/mol. The molecule has 2 aromatic heterocycles. The van der Waals surface area contributed by atoms with Crippen LogP contribution in [0, 0.1) is 0 Å². The molecular weight excluding hydrogens is 352 g/mol. The van der Waals surface area contributed by atoms with Crippen molar-refractivity contribution in [3.63, 3.8) is 0 Å². The highest BCUT2D eigenvalue weighted by Crippen LogP contribution is 2.23.